The van der Waals surface area contributed by atoms with Crippen molar-refractivity contribution < 1.29 is 9.18 Å². The molecule has 6 heteroatoms. The topological polar surface area (TPSA) is 57.3 Å². The normalized spacial score (nSPS) is 19.6. The van der Waals surface area contributed by atoms with Crippen molar-refractivity contribution in [2.45, 2.75) is 12.0 Å². The average Bonchev–Trinajstić information content (AvgIpc) is 3.11. The lowest BCUT2D eigenvalue weighted by atomic mass is 9.94. The summed E-state index contributed by atoms with van der Waals surface area (Å²) in [7, 11) is 0. The summed E-state index contributed by atoms with van der Waals surface area (Å²) in [6.07, 6.45) is 1.65. The third-order valence-electron chi connectivity index (χ3n) is 5.19. The number of pyridine rings is 1. The van der Waals surface area contributed by atoms with E-state index in [2.05, 4.69) is 32.7 Å². The second-order valence-corrected chi connectivity index (χ2v) is 7.09. The largest absolute Gasteiger partial charge is 0.333 e. The van der Waals surface area contributed by atoms with E-state index in [0.29, 0.717) is 18.8 Å². The van der Waals surface area contributed by atoms with Crippen LogP contribution in [0.25, 0.3) is 10.9 Å². The number of carbonyl (C=O) groups excluding carboxylic acids is 1. The second kappa shape index (κ2) is 8.35. The van der Waals surface area contributed by atoms with Gasteiger partial charge in [0.1, 0.15) is 6.67 Å². The minimum absolute atomic E-state index is 0.0811. The molecule has 28 heavy (non-hydrogen) atoms. The molecule has 144 valence electrons. The summed E-state index contributed by atoms with van der Waals surface area (Å²) in [6, 6.07) is 19.4. The zero-order valence-electron chi connectivity index (χ0n) is 15.5. The quantitative estimate of drug-likeness (QED) is 0.710. The fourth-order valence-corrected chi connectivity index (χ4v) is 3.85. The SMILES string of the molecule is O=C(Nc1cnc2ccccc2c1)N[C@@H]1CN(CCF)C[C@H]1c1ccccc1. The Labute approximate surface area is 163 Å². The minimum atomic E-state index is -0.386. The Hall–Kier alpha value is -2.99. The molecule has 4 rings (SSSR count). The first kappa shape index (κ1) is 18.4. The Balaban J connectivity index is 1.46. The van der Waals surface area contributed by atoms with E-state index in [1.807, 2.05) is 48.5 Å². The molecule has 5 nitrogen and oxygen atoms in total. The summed E-state index contributed by atoms with van der Waals surface area (Å²) >= 11 is 0. The number of likely N-dealkylation sites (tertiary alicyclic amines) is 1. The van der Waals surface area contributed by atoms with Gasteiger partial charge in [0.15, 0.2) is 0 Å². The van der Waals surface area contributed by atoms with Crippen LogP contribution in [0, 0.1) is 0 Å². The number of amides is 2. The van der Waals surface area contributed by atoms with Gasteiger partial charge in [0, 0.05) is 30.9 Å². The number of para-hydroxylation sites is 1. The van der Waals surface area contributed by atoms with E-state index >= 15 is 0 Å². The van der Waals surface area contributed by atoms with Crippen LogP contribution in [-0.2, 0) is 0 Å². The van der Waals surface area contributed by atoms with Gasteiger partial charge in [0.2, 0.25) is 0 Å². The van der Waals surface area contributed by atoms with E-state index in [0.717, 1.165) is 23.0 Å². The summed E-state index contributed by atoms with van der Waals surface area (Å²) in [5, 5.41) is 6.91. The zero-order valence-corrected chi connectivity index (χ0v) is 15.5. The lowest BCUT2D eigenvalue weighted by Gasteiger charge is -2.20. The maximum Gasteiger partial charge on any atom is 0.319 e. The van der Waals surface area contributed by atoms with Crippen molar-refractivity contribution >= 4 is 22.6 Å². The molecular formula is C22H23FN4O. The number of hydrogen-bond acceptors (Lipinski definition) is 3. The van der Waals surface area contributed by atoms with Gasteiger partial charge in [0.25, 0.3) is 0 Å². The summed E-state index contributed by atoms with van der Waals surface area (Å²) in [5.41, 5.74) is 2.68. The third kappa shape index (κ3) is 4.12. The van der Waals surface area contributed by atoms with Crippen molar-refractivity contribution in [2.75, 3.05) is 31.6 Å². The molecule has 0 saturated carbocycles. The highest BCUT2D eigenvalue weighted by Crippen LogP contribution is 2.27. The molecule has 2 amide bonds. The van der Waals surface area contributed by atoms with Crippen molar-refractivity contribution in [2.24, 2.45) is 0 Å². The maximum atomic E-state index is 12.8. The standard InChI is InChI=1S/C22H23FN4O/c23-10-11-27-14-19(16-6-2-1-3-7-16)21(15-27)26-22(28)25-18-12-17-8-4-5-9-20(17)24-13-18/h1-9,12-13,19,21H,10-11,14-15H2,(H2,25,26,28)/t19-,21+/m0/s1. The van der Waals surface area contributed by atoms with Crippen LogP contribution < -0.4 is 10.6 Å². The number of halogens is 1. The molecule has 3 aromatic rings. The predicted octanol–water partition coefficient (Wildman–Crippen LogP) is 3.79. The summed E-state index contributed by atoms with van der Waals surface area (Å²) in [5.74, 6) is 0.133. The fraction of sp³-hybridized carbons (Fsp3) is 0.273. The van der Waals surface area contributed by atoms with Crippen LogP contribution in [0.2, 0.25) is 0 Å². The van der Waals surface area contributed by atoms with Crippen molar-refractivity contribution in [3.8, 4) is 0 Å². The van der Waals surface area contributed by atoms with Gasteiger partial charge in [0.05, 0.1) is 23.4 Å². The lowest BCUT2D eigenvalue weighted by Crippen LogP contribution is -2.42. The van der Waals surface area contributed by atoms with Crippen LogP contribution in [0.1, 0.15) is 11.5 Å². The summed E-state index contributed by atoms with van der Waals surface area (Å²) < 4.78 is 12.8. The van der Waals surface area contributed by atoms with Crippen LogP contribution in [0.15, 0.2) is 66.9 Å². The molecule has 0 bridgehead atoms. The first-order chi connectivity index (χ1) is 13.7. The van der Waals surface area contributed by atoms with Crippen LogP contribution >= 0.6 is 0 Å². The highest BCUT2D eigenvalue weighted by molar-refractivity contribution is 5.92. The van der Waals surface area contributed by atoms with Crippen molar-refractivity contribution in [1.82, 2.24) is 15.2 Å². The van der Waals surface area contributed by atoms with Crippen LogP contribution in [0.3, 0.4) is 0 Å². The molecule has 1 aliphatic heterocycles. The predicted molar refractivity (Wildman–Crippen MR) is 109 cm³/mol. The van der Waals surface area contributed by atoms with Crippen LogP contribution in [0.4, 0.5) is 14.9 Å². The van der Waals surface area contributed by atoms with Crippen LogP contribution in [0.5, 0.6) is 0 Å². The van der Waals surface area contributed by atoms with Gasteiger partial charge in [-0.25, -0.2) is 9.18 Å². The first-order valence-corrected chi connectivity index (χ1v) is 9.48. The Morgan fingerprint density at radius 2 is 1.89 bits per heavy atom. The number of anilines is 1. The Morgan fingerprint density at radius 1 is 1.11 bits per heavy atom. The number of hydrogen-bond donors (Lipinski definition) is 2. The number of fused-ring (bicyclic) bond motifs is 1. The number of nitrogens with zero attached hydrogens (tertiary/aromatic N) is 2. The summed E-state index contributed by atoms with van der Waals surface area (Å²) in [4.78, 5) is 19.0. The molecule has 0 spiro atoms. The minimum Gasteiger partial charge on any atom is -0.333 e. The lowest BCUT2D eigenvalue weighted by molar-refractivity contribution is 0.246. The first-order valence-electron chi connectivity index (χ1n) is 9.48. The van der Waals surface area contributed by atoms with Gasteiger partial charge in [-0.1, -0.05) is 48.5 Å². The van der Waals surface area contributed by atoms with Crippen molar-refractivity contribution in [3.63, 3.8) is 0 Å². The monoisotopic (exact) mass is 378 g/mol. The highest BCUT2D eigenvalue weighted by Gasteiger charge is 2.34. The van der Waals surface area contributed by atoms with Gasteiger partial charge in [-0.05, 0) is 17.7 Å². The third-order valence-corrected chi connectivity index (χ3v) is 5.19. The molecule has 0 aliphatic carbocycles. The number of carbonyl (C=O) groups is 1. The Morgan fingerprint density at radius 3 is 2.71 bits per heavy atom. The molecule has 0 radical (unpaired) electrons. The van der Waals surface area contributed by atoms with Gasteiger partial charge in [-0.2, -0.15) is 0 Å². The van der Waals surface area contributed by atoms with Gasteiger partial charge < -0.3 is 10.6 Å². The Kier molecular flexibility index (Phi) is 5.48. The molecule has 1 saturated heterocycles. The number of urea groups is 1. The summed E-state index contributed by atoms with van der Waals surface area (Å²) in [6.45, 7) is 1.37. The zero-order chi connectivity index (χ0) is 19.3. The fourth-order valence-electron chi connectivity index (χ4n) is 3.85. The molecule has 1 aliphatic rings. The highest BCUT2D eigenvalue weighted by atomic mass is 19.1. The van der Waals surface area contributed by atoms with E-state index in [1.54, 1.807) is 6.20 Å². The second-order valence-electron chi connectivity index (χ2n) is 7.09. The van der Waals surface area contributed by atoms with E-state index in [9.17, 15) is 9.18 Å². The number of nitrogens with one attached hydrogen (secondary N) is 2. The molecule has 1 aromatic heterocycles. The van der Waals surface area contributed by atoms with E-state index in [-0.39, 0.29) is 24.7 Å². The molecule has 0 unspecified atom stereocenters. The Bertz CT molecular complexity index is 949. The number of aromatic nitrogens is 1. The van der Waals surface area contributed by atoms with Gasteiger partial charge in [-0.15, -0.1) is 0 Å². The van der Waals surface area contributed by atoms with Gasteiger partial charge in [-0.3, -0.25) is 9.88 Å². The molecule has 2 heterocycles. The molecule has 1 fully saturated rings. The maximum absolute atomic E-state index is 12.8. The number of alkyl halides is 1. The van der Waals surface area contributed by atoms with Gasteiger partial charge >= 0.3 is 6.03 Å². The average molecular weight is 378 g/mol. The smallest absolute Gasteiger partial charge is 0.319 e. The van der Waals surface area contributed by atoms with Crippen molar-refractivity contribution in [3.05, 3.63) is 72.4 Å². The number of benzene rings is 2. The molecule has 2 N–H and O–H groups in total. The molecular weight excluding hydrogens is 355 g/mol. The molecule has 2 aromatic carbocycles. The number of rotatable bonds is 5. The van der Waals surface area contributed by atoms with E-state index in [4.69, 9.17) is 0 Å². The van der Waals surface area contributed by atoms with E-state index < -0.39 is 0 Å². The van der Waals surface area contributed by atoms with Crippen molar-refractivity contribution in [1.29, 1.82) is 0 Å². The van der Waals surface area contributed by atoms with E-state index in [1.165, 1.54) is 0 Å². The van der Waals surface area contributed by atoms with Crippen LogP contribution in [-0.4, -0.2) is 48.3 Å². The molecule has 2 atom stereocenters.